The van der Waals surface area contributed by atoms with Crippen molar-refractivity contribution in [3.8, 4) is 11.3 Å². The molecule has 0 aliphatic rings. The SMILES string of the molecule is Cc1ccc2c(-c3cnc(C)c(CN)n3)c[nH]c2c1. The Morgan fingerprint density at radius 1 is 1.26 bits per heavy atom. The number of hydrogen-bond donors (Lipinski definition) is 2. The zero-order chi connectivity index (χ0) is 13.4. The lowest BCUT2D eigenvalue weighted by Gasteiger charge is -2.04. The van der Waals surface area contributed by atoms with E-state index in [1.54, 1.807) is 6.20 Å². The maximum atomic E-state index is 5.70. The minimum atomic E-state index is 0.411. The van der Waals surface area contributed by atoms with Crippen LogP contribution in [-0.2, 0) is 6.54 Å². The lowest BCUT2D eigenvalue weighted by Crippen LogP contribution is -2.04. The highest BCUT2D eigenvalue weighted by atomic mass is 14.8. The van der Waals surface area contributed by atoms with Crippen LogP contribution in [0.3, 0.4) is 0 Å². The van der Waals surface area contributed by atoms with Crippen LogP contribution in [-0.4, -0.2) is 15.0 Å². The van der Waals surface area contributed by atoms with Gasteiger partial charge < -0.3 is 10.7 Å². The van der Waals surface area contributed by atoms with Gasteiger partial charge in [-0.25, -0.2) is 4.98 Å². The van der Waals surface area contributed by atoms with Gasteiger partial charge in [-0.3, -0.25) is 4.98 Å². The van der Waals surface area contributed by atoms with E-state index in [0.717, 1.165) is 33.5 Å². The van der Waals surface area contributed by atoms with Crippen LogP contribution in [0.15, 0.2) is 30.6 Å². The van der Waals surface area contributed by atoms with Crippen LogP contribution in [0.1, 0.15) is 17.0 Å². The molecule has 19 heavy (non-hydrogen) atoms. The highest BCUT2D eigenvalue weighted by molar-refractivity contribution is 5.94. The van der Waals surface area contributed by atoms with Gasteiger partial charge in [-0.1, -0.05) is 12.1 Å². The molecule has 0 atom stereocenters. The predicted molar refractivity (Wildman–Crippen MR) is 76.7 cm³/mol. The number of benzene rings is 1. The first-order chi connectivity index (χ1) is 9.19. The second-order valence-electron chi connectivity index (χ2n) is 4.74. The molecule has 0 aliphatic heterocycles. The van der Waals surface area contributed by atoms with Gasteiger partial charge in [0.05, 0.1) is 23.3 Å². The van der Waals surface area contributed by atoms with Crippen molar-refractivity contribution >= 4 is 10.9 Å². The lowest BCUT2D eigenvalue weighted by molar-refractivity contribution is 0.933. The molecular formula is C15H16N4. The second-order valence-corrected chi connectivity index (χ2v) is 4.74. The third kappa shape index (κ3) is 2.00. The summed E-state index contributed by atoms with van der Waals surface area (Å²) in [6, 6.07) is 6.34. The monoisotopic (exact) mass is 252 g/mol. The van der Waals surface area contributed by atoms with Crippen molar-refractivity contribution in [1.29, 1.82) is 0 Å². The maximum Gasteiger partial charge on any atom is 0.0910 e. The molecule has 2 aromatic heterocycles. The maximum absolute atomic E-state index is 5.70. The van der Waals surface area contributed by atoms with Crippen molar-refractivity contribution in [2.24, 2.45) is 5.73 Å². The van der Waals surface area contributed by atoms with Crippen LogP contribution in [0.4, 0.5) is 0 Å². The summed E-state index contributed by atoms with van der Waals surface area (Å²) in [5.74, 6) is 0. The number of rotatable bonds is 2. The number of aromatic amines is 1. The largest absolute Gasteiger partial charge is 0.360 e. The number of aromatic nitrogens is 3. The summed E-state index contributed by atoms with van der Waals surface area (Å²) in [6.45, 7) is 4.42. The Bertz CT molecular complexity index is 743. The van der Waals surface area contributed by atoms with E-state index in [9.17, 15) is 0 Å². The summed E-state index contributed by atoms with van der Waals surface area (Å²) < 4.78 is 0. The quantitative estimate of drug-likeness (QED) is 0.736. The summed E-state index contributed by atoms with van der Waals surface area (Å²) in [4.78, 5) is 12.3. The molecule has 3 N–H and O–H groups in total. The molecule has 2 heterocycles. The lowest BCUT2D eigenvalue weighted by atomic mass is 10.1. The minimum Gasteiger partial charge on any atom is -0.360 e. The van der Waals surface area contributed by atoms with Crippen molar-refractivity contribution in [2.45, 2.75) is 20.4 Å². The average Bonchev–Trinajstić information content (AvgIpc) is 2.82. The fraction of sp³-hybridized carbons (Fsp3) is 0.200. The molecule has 0 unspecified atom stereocenters. The second kappa shape index (κ2) is 4.48. The summed E-state index contributed by atoms with van der Waals surface area (Å²) in [5.41, 5.74) is 11.7. The molecule has 3 aromatic rings. The van der Waals surface area contributed by atoms with Crippen LogP contribution >= 0.6 is 0 Å². The normalized spacial score (nSPS) is 11.1. The molecule has 96 valence electrons. The van der Waals surface area contributed by atoms with Crippen molar-refractivity contribution in [2.75, 3.05) is 0 Å². The number of H-pyrrole nitrogens is 1. The van der Waals surface area contributed by atoms with Crippen LogP contribution < -0.4 is 5.73 Å². The highest BCUT2D eigenvalue weighted by Crippen LogP contribution is 2.27. The molecule has 0 spiro atoms. The Morgan fingerprint density at radius 3 is 2.89 bits per heavy atom. The molecule has 0 saturated carbocycles. The van der Waals surface area contributed by atoms with Crippen LogP contribution in [0, 0.1) is 13.8 Å². The number of nitrogens with two attached hydrogens (primary N) is 1. The average molecular weight is 252 g/mol. The van der Waals surface area contributed by atoms with E-state index in [0.29, 0.717) is 6.54 Å². The van der Waals surface area contributed by atoms with Gasteiger partial charge in [0.2, 0.25) is 0 Å². The standard InChI is InChI=1S/C15H16N4/c1-9-3-4-11-12(7-18-13(11)5-9)15-8-17-10(2)14(6-16)19-15/h3-5,7-8,18H,6,16H2,1-2H3. The van der Waals surface area contributed by atoms with E-state index in [2.05, 4.69) is 40.1 Å². The predicted octanol–water partition coefficient (Wildman–Crippen LogP) is 2.70. The Labute approximate surface area is 111 Å². The topological polar surface area (TPSA) is 67.6 Å². The van der Waals surface area contributed by atoms with Crippen molar-refractivity contribution in [3.05, 3.63) is 47.5 Å². The number of fused-ring (bicyclic) bond motifs is 1. The van der Waals surface area contributed by atoms with E-state index in [-0.39, 0.29) is 0 Å². The summed E-state index contributed by atoms with van der Waals surface area (Å²) in [6.07, 6.45) is 3.78. The third-order valence-corrected chi connectivity index (χ3v) is 3.36. The first-order valence-electron chi connectivity index (χ1n) is 6.29. The van der Waals surface area contributed by atoms with Crippen LogP contribution in [0.2, 0.25) is 0 Å². The molecule has 0 amide bonds. The first-order valence-corrected chi connectivity index (χ1v) is 6.29. The Kier molecular flexibility index (Phi) is 2.80. The van der Waals surface area contributed by atoms with E-state index in [1.165, 1.54) is 5.56 Å². The Balaban J connectivity index is 2.19. The molecule has 4 heteroatoms. The fourth-order valence-electron chi connectivity index (χ4n) is 2.26. The molecule has 1 aromatic carbocycles. The van der Waals surface area contributed by atoms with E-state index in [1.807, 2.05) is 13.1 Å². The molecule has 3 rings (SSSR count). The third-order valence-electron chi connectivity index (χ3n) is 3.36. The number of nitrogens with one attached hydrogen (secondary N) is 1. The summed E-state index contributed by atoms with van der Waals surface area (Å²) >= 11 is 0. The molecular weight excluding hydrogens is 236 g/mol. The van der Waals surface area contributed by atoms with Gasteiger partial charge in [-0.05, 0) is 25.5 Å². The fourth-order valence-corrected chi connectivity index (χ4v) is 2.26. The van der Waals surface area contributed by atoms with E-state index in [4.69, 9.17) is 5.73 Å². The van der Waals surface area contributed by atoms with Crippen LogP contribution in [0.25, 0.3) is 22.2 Å². The summed E-state index contributed by atoms with van der Waals surface area (Å²) in [5, 5.41) is 1.16. The smallest absolute Gasteiger partial charge is 0.0910 e. The van der Waals surface area contributed by atoms with Gasteiger partial charge in [0.15, 0.2) is 0 Å². The molecule has 0 bridgehead atoms. The van der Waals surface area contributed by atoms with Crippen molar-refractivity contribution in [3.63, 3.8) is 0 Å². The van der Waals surface area contributed by atoms with Crippen molar-refractivity contribution < 1.29 is 0 Å². The van der Waals surface area contributed by atoms with Gasteiger partial charge >= 0.3 is 0 Å². The molecule has 0 fully saturated rings. The van der Waals surface area contributed by atoms with E-state index >= 15 is 0 Å². The van der Waals surface area contributed by atoms with Gasteiger partial charge in [-0.2, -0.15) is 0 Å². The highest BCUT2D eigenvalue weighted by Gasteiger charge is 2.09. The Morgan fingerprint density at radius 2 is 2.11 bits per heavy atom. The first kappa shape index (κ1) is 11.9. The molecule has 4 nitrogen and oxygen atoms in total. The zero-order valence-electron chi connectivity index (χ0n) is 11.1. The van der Waals surface area contributed by atoms with Gasteiger partial charge in [0, 0.05) is 29.2 Å². The van der Waals surface area contributed by atoms with Gasteiger partial charge in [0.1, 0.15) is 0 Å². The minimum absolute atomic E-state index is 0.411. The van der Waals surface area contributed by atoms with Gasteiger partial charge in [-0.15, -0.1) is 0 Å². The molecule has 0 aliphatic carbocycles. The zero-order valence-corrected chi connectivity index (χ0v) is 11.1. The molecule has 0 saturated heterocycles. The van der Waals surface area contributed by atoms with Gasteiger partial charge in [0.25, 0.3) is 0 Å². The summed E-state index contributed by atoms with van der Waals surface area (Å²) in [7, 11) is 0. The van der Waals surface area contributed by atoms with E-state index < -0.39 is 0 Å². The van der Waals surface area contributed by atoms with Crippen molar-refractivity contribution in [1.82, 2.24) is 15.0 Å². The number of nitrogens with zero attached hydrogens (tertiary/aromatic N) is 2. The number of aryl methyl sites for hydroxylation is 2. The Hall–Kier alpha value is -2.20. The van der Waals surface area contributed by atoms with Crippen LogP contribution in [0.5, 0.6) is 0 Å². The number of hydrogen-bond acceptors (Lipinski definition) is 3. The molecule has 0 radical (unpaired) electrons.